The smallest absolute Gasteiger partial charge is 0.200 e. The highest BCUT2D eigenvalue weighted by Crippen LogP contribution is 2.48. The second kappa shape index (κ2) is 9.35. The topological polar surface area (TPSA) is 3.88 Å². The third-order valence-corrected chi connectivity index (χ3v) is 11.0. The maximum absolute atomic E-state index is 2.65. The minimum absolute atomic E-state index is 0.511. The van der Waals surface area contributed by atoms with Crippen LogP contribution in [-0.4, -0.2) is 0 Å². The van der Waals surface area contributed by atoms with Gasteiger partial charge in [-0.25, -0.2) is 4.57 Å². The van der Waals surface area contributed by atoms with Crippen LogP contribution in [0.3, 0.4) is 0 Å². The summed E-state index contributed by atoms with van der Waals surface area (Å²) in [6.45, 7) is 7.33. The van der Waals surface area contributed by atoms with Crippen molar-refractivity contribution in [1.29, 1.82) is 0 Å². The quantitative estimate of drug-likeness (QED) is 0.243. The van der Waals surface area contributed by atoms with Gasteiger partial charge in [0.15, 0.2) is 6.20 Å². The van der Waals surface area contributed by atoms with Gasteiger partial charge in [0.2, 0.25) is 5.69 Å². The molecule has 4 aliphatic carbocycles. The summed E-state index contributed by atoms with van der Waals surface area (Å²) in [5, 5.41) is 2.90. The molecule has 2 aromatic carbocycles. The largest absolute Gasteiger partial charge is 0.221 e. The number of hydrogen-bond acceptors (Lipinski definition) is 0. The van der Waals surface area contributed by atoms with Crippen molar-refractivity contribution in [2.75, 3.05) is 0 Å². The molecule has 0 aliphatic heterocycles. The molecule has 1 heterocycles. The Labute approximate surface area is 230 Å². The van der Waals surface area contributed by atoms with Gasteiger partial charge < -0.3 is 0 Å². The van der Waals surface area contributed by atoms with Crippen molar-refractivity contribution in [1.82, 2.24) is 0 Å². The average molecular weight is 505 g/mol. The predicted octanol–water partition coefficient (Wildman–Crippen LogP) is 9.87. The first-order valence-electron chi connectivity index (χ1n) is 15.7. The summed E-state index contributed by atoms with van der Waals surface area (Å²) in [5.41, 5.74) is 12.8. The Hall–Kier alpha value is -2.41. The molecule has 1 nitrogen and oxygen atoms in total. The molecule has 1 heteroatoms. The van der Waals surface area contributed by atoms with Crippen molar-refractivity contribution in [3.8, 4) is 0 Å². The second-order valence-corrected chi connectivity index (χ2v) is 14.1. The number of rotatable bonds is 4. The summed E-state index contributed by atoms with van der Waals surface area (Å²) < 4.78 is 2.39. The van der Waals surface area contributed by atoms with E-state index in [1.165, 1.54) is 110 Å². The van der Waals surface area contributed by atoms with Gasteiger partial charge >= 0.3 is 0 Å². The maximum Gasteiger partial charge on any atom is 0.221 e. The summed E-state index contributed by atoms with van der Waals surface area (Å²) in [6, 6.07) is 12.7. The van der Waals surface area contributed by atoms with Crippen LogP contribution in [0.25, 0.3) is 22.4 Å². The van der Waals surface area contributed by atoms with E-state index >= 15 is 0 Å². The van der Waals surface area contributed by atoms with Gasteiger partial charge in [-0.2, -0.15) is 0 Å². The van der Waals surface area contributed by atoms with Gasteiger partial charge in [-0.05, 0) is 126 Å². The zero-order valence-corrected chi connectivity index (χ0v) is 24.2. The molecule has 0 spiro atoms. The van der Waals surface area contributed by atoms with E-state index in [2.05, 4.69) is 75.0 Å². The molecule has 7 rings (SSSR count). The Morgan fingerprint density at radius 1 is 0.763 bits per heavy atom. The number of aromatic nitrogens is 1. The van der Waals surface area contributed by atoms with E-state index < -0.39 is 0 Å². The minimum atomic E-state index is 0.511. The zero-order chi connectivity index (χ0) is 26.0. The minimum Gasteiger partial charge on any atom is -0.200 e. The van der Waals surface area contributed by atoms with E-state index in [1.54, 1.807) is 22.3 Å². The fourth-order valence-electron chi connectivity index (χ4n) is 8.59. The van der Waals surface area contributed by atoms with Gasteiger partial charge in [-0.15, -0.1) is 0 Å². The first kappa shape index (κ1) is 24.6. The second-order valence-electron chi connectivity index (χ2n) is 14.1. The van der Waals surface area contributed by atoms with Crippen LogP contribution in [0.2, 0.25) is 0 Å². The first-order chi connectivity index (χ1) is 18.4. The Balaban J connectivity index is 1.36. The van der Waals surface area contributed by atoms with Gasteiger partial charge in [0, 0.05) is 6.07 Å². The molecule has 1 aromatic heterocycles. The van der Waals surface area contributed by atoms with Crippen LogP contribution < -0.4 is 4.57 Å². The Morgan fingerprint density at radius 3 is 2.11 bits per heavy atom. The number of nitrogens with zero attached hydrogens (tertiary/aromatic N) is 1. The highest BCUT2D eigenvalue weighted by atomic mass is 14.9. The van der Waals surface area contributed by atoms with Gasteiger partial charge in [-0.3, -0.25) is 0 Å². The molecular formula is C37H46N+. The lowest BCUT2D eigenvalue weighted by atomic mass is 9.71. The van der Waals surface area contributed by atoms with E-state index in [1.807, 2.05) is 0 Å². The van der Waals surface area contributed by atoms with Gasteiger partial charge in [0.1, 0.15) is 7.05 Å². The van der Waals surface area contributed by atoms with Crippen LogP contribution in [0.15, 0.2) is 36.5 Å². The Bertz CT molecular complexity index is 1420. The molecule has 198 valence electrons. The lowest BCUT2D eigenvalue weighted by Gasteiger charge is -2.34. The van der Waals surface area contributed by atoms with Crippen molar-refractivity contribution >= 4 is 22.4 Å². The molecule has 0 radical (unpaired) electrons. The van der Waals surface area contributed by atoms with Gasteiger partial charge in [0.25, 0.3) is 0 Å². The van der Waals surface area contributed by atoms with Crippen LogP contribution in [0, 0.1) is 12.3 Å². The number of aryl methyl sites for hydroxylation is 1. The number of benzene rings is 2. The zero-order valence-electron chi connectivity index (χ0n) is 24.2. The third-order valence-electron chi connectivity index (χ3n) is 11.0. The fraction of sp³-hybridized carbons (Fsp3) is 0.541. The highest BCUT2D eigenvalue weighted by molar-refractivity contribution is 6.11. The van der Waals surface area contributed by atoms with E-state index in [4.69, 9.17) is 0 Å². The molecule has 38 heavy (non-hydrogen) atoms. The number of hydrogen-bond donors (Lipinski definition) is 0. The normalized spacial score (nSPS) is 22.1. The van der Waals surface area contributed by atoms with Crippen molar-refractivity contribution in [3.63, 3.8) is 0 Å². The average Bonchev–Trinajstić information content (AvgIpc) is 3.68. The molecule has 3 saturated carbocycles. The molecule has 0 amide bonds. The van der Waals surface area contributed by atoms with Crippen LogP contribution in [0.5, 0.6) is 0 Å². The van der Waals surface area contributed by atoms with Crippen LogP contribution in [0.1, 0.15) is 148 Å². The molecule has 4 aliphatic rings. The van der Waals surface area contributed by atoms with Crippen LogP contribution in [-0.2, 0) is 7.05 Å². The number of pyridine rings is 1. The van der Waals surface area contributed by atoms with E-state index in [0.29, 0.717) is 11.3 Å². The molecule has 3 aromatic rings. The lowest BCUT2D eigenvalue weighted by Crippen LogP contribution is -2.32. The SMILES string of the molecule is Cc1c(C2=Cc3cc(C4CCC(C)(C)CC4)cc4cc[n+](C)c2c34)cc(C2CCCC2)cc1C1CCCC1. The lowest BCUT2D eigenvalue weighted by molar-refractivity contribution is -0.672. The summed E-state index contributed by atoms with van der Waals surface area (Å²) >= 11 is 0. The van der Waals surface area contributed by atoms with Crippen molar-refractivity contribution < 1.29 is 4.57 Å². The van der Waals surface area contributed by atoms with E-state index in [9.17, 15) is 0 Å². The standard InChI is InChI=1S/C37H46N/c1-24-32(27-11-7-8-12-27)21-30(25-9-5-6-10-25)22-33(24)34-23-31-20-29(26-13-16-37(2,3)17-14-26)19-28-15-18-38(4)36(34)35(28)31/h15,18-23,25-27H,5-14,16-17H2,1-4H3/q+1. The highest BCUT2D eigenvalue weighted by Gasteiger charge is 2.33. The van der Waals surface area contributed by atoms with Crippen molar-refractivity contribution in [3.05, 3.63) is 75.6 Å². The Morgan fingerprint density at radius 2 is 1.39 bits per heavy atom. The monoisotopic (exact) mass is 504 g/mol. The summed E-state index contributed by atoms with van der Waals surface area (Å²) in [5.74, 6) is 2.22. The molecule has 0 saturated heterocycles. The first-order valence-corrected chi connectivity index (χ1v) is 15.7. The van der Waals surface area contributed by atoms with Gasteiger partial charge in [-0.1, -0.05) is 63.8 Å². The molecule has 0 bridgehead atoms. The van der Waals surface area contributed by atoms with Crippen molar-refractivity contribution in [2.24, 2.45) is 12.5 Å². The maximum atomic E-state index is 2.65. The summed E-state index contributed by atoms with van der Waals surface area (Å²) in [4.78, 5) is 0. The predicted molar refractivity (Wildman–Crippen MR) is 161 cm³/mol. The Kier molecular flexibility index (Phi) is 6.06. The van der Waals surface area contributed by atoms with E-state index in [0.717, 1.165) is 11.8 Å². The van der Waals surface area contributed by atoms with Crippen LogP contribution >= 0.6 is 0 Å². The molecule has 3 fully saturated rings. The summed E-state index contributed by atoms with van der Waals surface area (Å²) in [6.07, 6.45) is 21.3. The van der Waals surface area contributed by atoms with Crippen LogP contribution in [0.4, 0.5) is 0 Å². The van der Waals surface area contributed by atoms with Gasteiger partial charge in [0.05, 0.1) is 11.0 Å². The third kappa shape index (κ3) is 4.16. The van der Waals surface area contributed by atoms with Crippen molar-refractivity contribution in [2.45, 2.75) is 116 Å². The molecule has 0 atom stereocenters. The van der Waals surface area contributed by atoms with E-state index in [-0.39, 0.29) is 0 Å². The molecule has 0 N–H and O–H groups in total. The summed E-state index contributed by atoms with van der Waals surface area (Å²) in [7, 11) is 2.25. The molecular weight excluding hydrogens is 458 g/mol. The fourth-order valence-corrected chi connectivity index (χ4v) is 8.59. The molecule has 0 unspecified atom stereocenters.